The second-order valence-electron chi connectivity index (χ2n) is 5.71. The van der Waals surface area contributed by atoms with Crippen molar-refractivity contribution >= 4 is 5.82 Å². The molecular weight excluding hydrogens is 278 g/mol. The van der Waals surface area contributed by atoms with Crippen molar-refractivity contribution in [2.24, 2.45) is 7.05 Å². The third-order valence-electron chi connectivity index (χ3n) is 3.99. The van der Waals surface area contributed by atoms with E-state index in [1.165, 1.54) is 5.56 Å². The van der Waals surface area contributed by atoms with Crippen LogP contribution in [0.15, 0.2) is 24.5 Å². The van der Waals surface area contributed by atoms with Gasteiger partial charge >= 0.3 is 0 Å². The number of nitrogens with zero attached hydrogens (tertiary/aromatic N) is 4. The van der Waals surface area contributed by atoms with E-state index in [2.05, 4.69) is 30.8 Å². The van der Waals surface area contributed by atoms with Crippen molar-refractivity contribution in [2.75, 3.05) is 32.1 Å². The molecule has 2 aromatic heterocycles. The van der Waals surface area contributed by atoms with Crippen LogP contribution in [-0.2, 0) is 18.3 Å². The molecule has 118 valence electrons. The number of aromatic nitrogens is 3. The van der Waals surface area contributed by atoms with Gasteiger partial charge in [0, 0.05) is 51.7 Å². The molecule has 0 saturated carbocycles. The summed E-state index contributed by atoms with van der Waals surface area (Å²) in [5.41, 5.74) is 2.24. The number of anilines is 1. The standard InChI is InChI=1S/C16H23N5O/c1-12-9-20(3)16(19-12)14-11-21(7-8-22-14)10-13-5-4-6-18-15(13)17-2/h4-6,9,14H,7-8,10-11H2,1-3H3,(H,17,18). The van der Waals surface area contributed by atoms with Crippen LogP contribution >= 0.6 is 0 Å². The van der Waals surface area contributed by atoms with Crippen molar-refractivity contribution in [3.05, 3.63) is 41.6 Å². The minimum Gasteiger partial charge on any atom is -0.373 e. The summed E-state index contributed by atoms with van der Waals surface area (Å²) >= 11 is 0. The largest absolute Gasteiger partial charge is 0.373 e. The summed E-state index contributed by atoms with van der Waals surface area (Å²) in [5, 5.41) is 3.16. The van der Waals surface area contributed by atoms with Gasteiger partial charge in [-0.2, -0.15) is 0 Å². The second-order valence-corrected chi connectivity index (χ2v) is 5.71. The van der Waals surface area contributed by atoms with Gasteiger partial charge in [-0.05, 0) is 13.0 Å². The molecule has 1 fully saturated rings. The van der Waals surface area contributed by atoms with Crippen LogP contribution in [0.4, 0.5) is 5.82 Å². The number of pyridine rings is 1. The molecule has 0 aliphatic carbocycles. The van der Waals surface area contributed by atoms with Gasteiger partial charge in [0.2, 0.25) is 0 Å². The zero-order chi connectivity index (χ0) is 15.5. The highest BCUT2D eigenvalue weighted by molar-refractivity contribution is 5.42. The Labute approximate surface area is 131 Å². The van der Waals surface area contributed by atoms with Gasteiger partial charge in [0.25, 0.3) is 0 Å². The minimum atomic E-state index is 0.0298. The van der Waals surface area contributed by atoms with E-state index in [0.717, 1.165) is 43.6 Å². The van der Waals surface area contributed by atoms with Crippen LogP contribution in [0.5, 0.6) is 0 Å². The van der Waals surface area contributed by atoms with Crippen LogP contribution in [0.3, 0.4) is 0 Å². The Kier molecular flexibility index (Phi) is 4.40. The molecule has 2 aromatic rings. The quantitative estimate of drug-likeness (QED) is 0.932. The highest BCUT2D eigenvalue weighted by atomic mass is 16.5. The van der Waals surface area contributed by atoms with Gasteiger partial charge in [-0.25, -0.2) is 9.97 Å². The van der Waals surface area contributed by atoms with E-state index >= 15 is 0 Å². The predicted octanol–water partition coefficient (Wildman–Crippen LogP) is 1.74. The van der Waals surface area contributed by atoms with Crippen molar-refractivity contribution in [3.63, 3.8) is 0 Å². The molecule has 6 heteroatoms. The Morgan fingerprint density at radius 3 is 3.05 bits per heavy atom. The molecule has 0 aromatic carbocycles. The summed E-state index contributed by atoms with van der Waals surface area (Å²) in [6.45, 7) is 5.39. The fraction of sp³-hybridized carbons (Fsp3) is 0.500. The van der Waals surface area contributed by atoms with E-state index in [1.807, 2.05) is 39.5 Å². The number of imidazole rings is 1. The second kappa shape index (κ2) is 6.46. The average molecular weight is 301 g/mol. The summed E-state index contributed by atoms with van der Waals surface area (Å²) in [6.07, 6.45) is 3.88. The molecule has 1 atom stereocenters. The summed E-state index contributed by atoms with van der Waals surface area (Å²) in [4.78, 5) is 11.4. The molecule has 1 unspecified atom stereocenters. The molecule has 3 rings (SSSR count). The monoisotopic (exact) mass is 301 g/mol. The number of morpholine rings is 1. The predicted molar refractivity (Wildman–Crippen MR) is 85.7 cm³/mol. The SMILES string of the molecule is CNc1ncccc1CN1CCOC(c2nc(C)cn2C)C1. The van der Waals surface area contributed by atoms with E-state index in [0.29, 0.717) is 0 Å². The highest BCUT2D eigenvalue weighted by Gasteiger charge is 2.25. The number of hydrogen-bond donors (Lipinski definition) is 1. The summed E-state index contributed by atoms with van der Waals surface area (Å²) < 4.78 is 7.99. The number of rotatable bonds is 4. The Morgan fingerprint density at radius 1 is 1.45 bits per heavy atom. The van der Waals surface area contributed by atoms with Crippen LogP contribution < -0.4 is 5.32 Å². The van der Waals surface area contributed by atoms with Crippen molar-refractivity contribution < 1.29 is 4.74 Å². The van der Waals surface area contributed by atoms with E-state index in [4.69, 9.17) is 4.74 Å². The maximum absolute atomic E-state index is 5.93. The summed E-state index contributed by atoms with van der Waals surface area (Å²) in [7, 11) is 3.93. The lowest BCUT2D eigenvalue weighted by Gasteiger charge is -2.32. The number of ether oxygens (including phenoxy) is 1. The normalized spacial score (nSPS) is 19.3. The Hall–Kier alpha value is -1.92. The maximum atomic E-state index is 5.93. The topological polar surface area (TPSA) is 55.2 Å². The Bertz CT molecular complexity index is 639. The number of nitrogens with one attached hydrogen (secondary N) is 1. The molecule has 0 spiro atoms. The highest BCUT2D eigenvalue weighted by Crippen LogP contribution is 2.23. The van der Waals surface area contributed by atoms with Gasteiger partial charge in [0.15, 0.2) is 0 Å². The lowest BCUT2D eigenvalue weighted by molar-refractivity contribution is -0.0383. The van der Waals surface area contributed by atoms with Crippen LogP contribution in [-0.4, -0.2) is 46.2 Å². The molecule has 3 heterocycles. The summed E-state index contributed by atoms with van der Waals surface area (Å²) in [5.74, 6) is 1.95. The lowest BCUT2D eigenvalue weighted by atomic mass is 10.2. The Morgan fingerprint density at radius 2 is 2.32 bits per heavy atom. The van der Waals surface area contributed by atoms with Crippen molar-refractivity contribution in [2.45, 2.75) is 19.6 Å². The van der Waals surface area contributed by atoms with Gasteiger partial charge in [-0.15, -0.1) is 0 Å². The molecule has 0 bridgehead atoms. The van der Waals surface area contributed by atoms with E-state index in [1.54, 1.807) is 0 Å². The first-order valence-electron chi connectivity index (χ1n) is 7.63. The van der Waals surface area contributed by atoms with Crippen LogP contribution in [0.2, 0.25) is 0 Å². The van der Waals surface area contributed by atoms with Crippen molar-refractivity contribution in [1.82, 2.24) is 19.4 Å². The first-order chi connectivity index (χ1) is 10.7. The third kappa shape index (κ3) is 3.13. The molecule has 0 radical (unpaired) electrons. The van der Waals surface area contributed by atoms with Gasteiger partial charge in [-0.3, -0.25) is 4.90 Å². The fourth-order valence-electron chi connectivity index (χ4n) is 2.97. The summed E-state index contributed by atoms with van der Waals surface area (Å²) in [6, 6.07) is 4.10. The Balaban J connectivity index is 1.72. The van der Waals surface area contributed by atoms with Gasteiger partial charge in [0.1, 0.15) is 17.7 Å². The van der Waals surface area contributed by atoms with Gasteiger partial charge in [-0.1, -0.05) is 6.07 Å². The van der Waals surface area contributed by atoms with Gasteiger partial charge in [0.05, 0.1) is 12.3 Å². The fourth-order valence-corrected chi connectivity index (χ4v) is 2.97. The van der Waals surface area contributed by atoms with E-state index < -0.39 is 0 Å². The minimum absolute atomic E-state index is 0.0298. The average Bonchev–Trinajstić information content (AvgIpc) is 2.87. The third-order valence-corrected chi connectivity index (χ3v) is 3.99. The first-order valence-corrected chi connectivity index (χ1v) is 7.63. The molecule has 1 aliphatic heterocycles. The van der Waals surface area contributed by atoms with E-state index in [-0.39, 0.29) is 6.10 Å². The first kappa shape index (κ1) is 15.0. The molecule has 1 saturated heterocycles. The molecule has 1 N–H and O–H groups in total. The van der Waals surface area contributed by atoms with Crippen molar-refractivity contribution in [3.8, 4) is 0 Å². The smallest absolute Gasteiger partial charge is 0.139 e. The zero-order valence-corrected chi connectivity index (χ0v) is 13.4. The molecule has 6 nitrogen and oxygen atoms in total. The molecule has 1 aliphatic rings. The molecule has 22 heavy (non-hydrogen) atoms. The number of hydrogen-bond acceptors (Lipinski definition) is 5. The molecular formula is C16H23N5O. The van der Waals surface area contributed by atoms with Crippen LogP contribution in [0.25, 0.3) is 0 Å². The maximum Gasteiger partial charge on any atom is 0.139 e. The van der Waals surface area contributed by atoms with Crippen molar-refractivity contribution in [1.29, 1.82) is 0 Å². The van der Waals surface area contributed by atoms with Crippen LogP contribution in [0.1, 0.15) is 23.2 Å². The van der Waals surface area contributed by atoms with Crippen LogP contribution in [0, 0.1) is 6.92 Å². The number of aryl methyl sites for hydroxylation is 2. The zero-order valence-electron chi connectivity index (χ0n) is 13.4. The van der Waals surface area contributed by atoms with E-state index in [9.17, 15) is 0 Å². The van der Waals surface area contributed by atoms with Gasteiger partial charge < -0.3 is 14.6 Å². The molecule has 0 amide bonds. The lowest BCUT2D eigenvalue weighted by Crippen LogP contribution is -2.38.